The van der Waals surface area contributed by atoms with Crippen LogP contribution in [0.25, 0.3) is 0 Å². The Balaban J connectivity index is 2.20. The van der Waals surface area contributed by atoms with Gasteiger partial charge in [-0.2, -0.15) is 4.39 Å². The van der Waals surface area contributed by atoms with E-state index in [1.54, 1.807) is 6.92 Å². The van der Waals surface area contributed by atoms with E-state index in [0.717, 1.165) is 0 Å². The van der Waals surface area contributed by atoms with Gasteiger partial charge in [0.2, 0.25) is 5.95 Å². The quantitative estimate of drug-likeness (QED) is 0.745. The molecular formula is C12H15FN2O3. The Morgan fingerprint density at radius 2 is 2.11 bits per heavy atom. The molecule has 1 fully saturated rings. The van der Waals surface area contributed by atoms with Crippen molar-refractivity contribution in [3.05, 3.63) is 29.3 Å². The van der Waals surface area contributed by atoms with E-state index in [-0.39, 0.29) is 13.1 Å². The third-order valence-corrected chi connectivity index (χ3v) is 3.44. The van der Waals surface area contributed by atoms with E-state index < -0.39 is 17.6 Å². The number of nitrogens with zero attached hydrogens (tertiary/aromatic N) is 2. The van der Waals surface area contributed by atoms with Gasteiger partial charge in [0.15, 0.2) is 0 Å². The molecule has 2 rings (SSSR count). The molecular weight excluding hydrogens is 239 g/mol. The Morgan fingerprint density at radius 3 is 2.61 bits per heavy atom. The fraction of sp³-hybridized carbons (Fsp3) is 0.500. The Labute approximate surface area is 104 Å². The number of likely N-dealkylation sites (tertiary alicyclic amines) is 1. The summed E-state index contributed by atoms with van der Waals surface area (Å²) in [4.78, 5) is 15.6. The zero-order valence-electron chi connectivity index (χ0n) is 10.1. The number of piperidine rings is 1. The van der Waals surface area contributed by atoms with Crippen LogP contribution < -0.4 is 0 Å². The molecule has 1 aliphatic heterocycles. The maximum atomic E-state index is 12.9. The number of hydrogen-bond donors (Lipinski definition) is 2. The standard InChI is InChI=1S/C12H15FN2O3/c1-8-6-10(13)14-7-9(8)12(18)2-4-15(5-3-12)11(16)17/h6-7,18H,2-5H2,1H3,(H,16,17). The highest BCUT2D eigenvalue weighted by atomic mass is 19.1. The zero-order chi connectivity index (χ0) is 13.3. The molecule has 1 saturated heterocycles. The van der Waals surface area contributed by atoms with Crippen molar-refractivity contribution >= 4 is 6.09 Å². The summed E-state index contributed by atoms with van der Waals surface area (Å²) in [6, 6.07) is 1.27. The third-order valence-electron chi connectivity index (χ3n) is 3.44. The monoisotopic (exact) mass is 254 g/mol. The first kappa shape index (κ1) is 12.8. The molecule has 0 aliphatic carbocycles. The van der Waals surface area contributed by atoms with Crippen LogP contribution in [0.5, 0.6) is 0 Å². The van der Waals surface area contributed by atoms with Crippen molar-refractivity contribution in [1.82, 2.24) is 9.88 Å². The Hall–Kier alpha value is -1.69. The molecule has 1 amide bonds. The first-order chi connectivity index (χ1) is 8.42. The number of aliphatic hydroxyl groups is 1. The van der Waals surface area contributed by atoms with Gasteiger partial charge in [-0.1, -0.05) is 0 Å². The van der Waals surface area contributed by atoms with Crippen LogP contribution in [0.2, 0.25) is 0 Å². The van der Waals surface area contributed by atoms with Crippen LogP contribution in [-0.2, 0) is 5.60 Å². The highest BCUT2D eigenvalue weighted by Crippen LogP contribution is 2.34. The fourth-order valence-electron chi connectivity index (χ4n) is 2.35. The van der Waals surface area contributed by atoms with Crippen LogP contribution in [0.3, 0.4) is 0 Å². The minimum atomic E-state index is -1.11. The van der Waals surface area contributed by atoms with Crippen molar-refractivity contribution in [2.24, 2.45) is 0 Å². The van der Waals surface area contributed by atoms with Crippen molar-refractivity contribution in [2.75, 3.05) is 13.1 Å². The molecule has 0 bridgehead atoms. The second-order valence-electron chi connectivity index (χ2n) is 4.62. The molecule has 0 radical (unpaired) electrons. The number of aromatic nitrogens is 1. The second kappa shape index (κ2) is 4.53. The van der Waals surface area contributed by atoms with E-state index in [2.05, 4.69) is 4.98 Å². The largest absolute Gasteiger partial charge is 0.465 e. The van der Waals surface area contributed by atoms with Gasteiger partial charge in [-0.25, -0.2) is 9.78 Å². The van der Waals surface area contributed by atoms with Gasteiger partial charge in [0.25, 0.3) is 0 Å². The molecule has 2 heterocycles. The van der Waals surface area contributed by atoms with Crippen molar-refractivity contribution in [3.8, 4) is 0 Å². The first-order valence-corrected chi connectivity index (χ1v) is 5.75. The number of halogens is 1. The van der Waals surface area contributed by atoms with E-state index >= 15 is 0 Å². The smallest absolute Gasteiger partial charge is 0.407 e. The molecule has 6 heteroatoms. The number of carbonyl (C=O) groups is 1. The lowest BCUT2D eigenvalue weighted by Gasteiger charge is -2.37. The minimum absolute atomic E-state index is 0.267. The molecule has 1 aliphatic rings. The van der Waals surface area contributed by atoms with Gasteiger partial charge in [0, 0.05) is 24.8 Å². The fourth-order valence-corrected chi connectivity index (χ4v) is 2.35. The predicted molar refractivity (Wildman–Crippen MR) is 61.7 cm³/mol. The SMILES string of the molecule is Cc1cc(F)ncc1C1(O)CCN(C(=O)O)CC1. The summed E-state index contributed by atoms with van der Waals surface area (Å²) in [5.74, 6) is -0.581. The highest BCUT2D eigenvalue weighted by molar-refractivity contribution is 5.65. The molecule has 98 valence electrons. The van der Waals surface area contributed by atoms with E-state index in [9.17, 15) is 14.3 Å². The number of hydrogen-bond acceptors (Lipinski definition) is 3. The van der Waals surface area contributed by atoms with E-state index in [4.69, 9.17) is 5.11 Å². The summed E-state index contributed by atoms with van der Waals surface area (Å²) in [5.41, 5.74) is 0.0965. The summed E-state index contributed by atoms with van der Waals surface area (Å²) in [5, 5.41) is 19.4. The van der Waals surface area contributed by atoms with E-state index in [1.165, 1.54) is 17.2 Å². The van der Waals surface area contributed by atoms with Crippen LogP contribution in [-0.4, -0.2) is 39.3 Å². The number of amides is 1. The van der Waals surface area contributed by atoms with Gasteiger partial charge in [-0.15, -0.1) is 0 Å². The second-order valence-corrected chi connectivity index (χ2v) is 4.62. The topological polar surface area (TPSA) is 73.7 Å². The van der Waals surface area contributed by atoms with Crippen molar-refractivity contribution in [1.29, 1.82) is 0 Å². The summed E-state index contributed by atoms with van der Waals surface area (Å²) in [7, 11) is 0. The highest BCUT2D eigenvalue weighted by Gasteiger charge is 2.36. The lowest BCUT2D eigenvalue weighted by molar-refractivity contribution is -0.0221. The van der Waals surface area contributed by atoms with Crippen LogP contribution in [0.4, 0.5) is 9.18 Å². The molecule has 0 unspecified atom stereocenters. The summed E-state index contributed by atoms with van der Waals surface area (Å²) in [6.07, 6.45) is 0.952. The molecule has 5 nitrogen and oxygen atoms in total. The number of pyridine rings is 1. The predicted octanol–water partition coefficient (Wildman–Crippen LogP) is 1.49. The molecule has 1 aromatic heterocycles. The third kappa shape index (κ3) is 2.28. The Morgan fingerprint density at radius 1 is 1.50 bits per heavy atom. The molecule has 0 spiro atoms. The van der Waals surface area contributed by atoms with Crippen LogP contribution in [0.1, 0.15) is 24.0 Å². The average Bonchev–Trinajstić information content (AvgIpc) is 2.29. The van der Waals surface area contributed by atoms with E-state index in [0.29, 0.717) is 24.0 Å². The summed E-state index contributed by atoms with van der Waals surface area (Å²) < 4.78 is 12.9. The maximum Gasteiger partial charge on any atom is 0.407 e. The van der Waals surface area contributed by atoms with Gasteiger partial charge in [0.1, 0.15) is 0 Å². The first-order valence-electron chi connectivity index (χ1n) is 5.75. The normalized spacial score (nSPS) is 18.7. The van der Waals surface area contributed by atoms with E-state index in [1.807, 2.05) is 0 Å². The van der Waals surface area contributed by atoms with Gasteiger partial charge in [0.05, 0.1) is 5.60 Å². The number of carboxylic acid groups (broad SMARTS) is 1. The van der Waals surface area contributed by atoms with Gasteiger partial charge in [-0.05, 0) is 31.4 Å². The summed E-state index contributed by atoms with van der Waals surface area (Å²) in [6.45, 7) is 2.24. The van der Waals surface area contributed by atoms with Gasteiger partial charge >= 0.3 is 6.09 Å². The Bertz CT molecular complexity index is 470. The van der Waals surface area contributed by atoms with Gasteiger partial charge < -0.3 is 15.1 Å². The molecule has 2 N–H and O–H groups in total. The molecule has 1 aromatic rings. The zero-order valence-corrected chi connectivity index (χ0v) is 10.1. The number of aryl methyl sites for hydroxylation is 1. The van der Waals surface area contributed by atoms with Crippen molar-refractivity contribution in [2.45, 2.75) is 25.4 Å². The minimum Gasteiger partial charge on any atom is -0.465 e. The lowest BCUT2D eigenvalue weighted by Crippen LogP contribution is -2.45. The number of rotatable bonds is 1. The van der Waals surface area contributed by atoms with Crippen molar-refractivity contribution < 1.29 is 19.4 Å². The Kier molecular flexibility index (Phi) is 3.21. The van der Waals surface area contributed by atoms with Crippen LogP contribution >= 0.6 is 0 Å². The molecule has 0 atom stereocenters. The lowest BCUT2D eigenvalue weighted by atomic mass is 9.83. The van der Waals surface area contributed by atoms with Gasteiger partial charge in [-0.3, -0.25) is 0 Å². The van der Waals surface area contributed by atoms with Crippen LogP contribution in [0, 0.1) is 12.9 Å². The van der Waals surface area contributed by atoms with Crippen molar-refractivity contribution in [3.63, 3.8) is 0 Å². The molecule has 18 heavy (non-hydrogen) atoms. The molecule has 0 saturated carbocycles. The summed E-state index contributed by atoms with van der Waals surface area (Å²) >= 11 is 0. The molecule has 0 aromatic carbocycles. The maximum absolute atomic E-state index is 12.9. The average molecular weight is 254 g/mol. The van der Waals surface area contributed by atoms with Crippen LogP contribution in [0.15, 0.2) is 12.3 Å².